The Morgan fingerprint density at radius 3 is 2.80 bits per heavy atom. The minimum Gasteiger partial charge on any atom is -0.293 e. The van der Waals surface area contributed by atoms with Crippen LogP contribution in [0.3, 0.4) is 0 Å². The summed E-state index contributed by atoms with van der Waals surface area (Å²) in [4.78, 5) is 12.5. The van der Waals surface area contributed by atoms with Crippen LogP contribution in [0.1, 0.15) is 27.9 Å². The van der Waals surface area contributed by atoms with E-state index in [9.17, 15) is 4.79 Å². The molecule has 1 heterocycles. The minimum atomic E-state index is 0.145. The van der Waals surface area contributed by atoms with E-state index in [1.165, 1.54) is 40.6 Å². The summed E-state index contributed by atoms with van der Waals surface area (Å²) < 4.78 is 3.27. The quantitative estimate of drug-likeness (QED) is 0.347. The topological polar surface area (TPSA) is 34.9 Å². The fourth-order valence-corrected chi connectivity index (χ4v) is 5.26. The van der Waals surface area contributed by atoms with Gasteiger partial charge in [-0.05, 0) is 60.8 Å². The number of hydrogen-bond donors (Lipinski definition) is 0. The van der Waals surface area contributed by atoms with Gasteiger partial charge in [-0.3, -0.25) is 4.79 Å². The first-order chi connectivity index (χ1) is 12.2. The summed E-state index contributed by atoms with van der Waals surface area (Å²) in [5.41, 5.74) is 4.48. The Morgan fingerprint density at radius 2 is 1.96 bits per heavy atom. The third-order valence-electron chi connectivity index (χ3n) is 4.28. The first-order valence-electron chi connectivity index (χ1n) is 8.14. The Hall–Kier alpha value is -1.76. The van der Waals surface area contributed by atoms with E-state index >= 15 is 0 Å². The Kier molecular flexibility index (Phi) is 4.83. The van der Waals surface area contributed by atoms with E-state index in [0.717, 1.165) is 28.4 Å². The number of hydrogen-bond acceptors (Lipinski definition) is 5. The van der Waals surface area contributed by atoms with Gasteiger partial charge < -0.3 is 0 Å². The van der Waals surface area contributed by atoms with Crippen LogP contribution in [0.4, 0.5) is 0 Å². The number of carbonyl (C=O) groups is 1. The molecule has 4 rings (SSSR count). The van der Waals surface area contributed by atoms with Gasteiger partial charge in [0.15, 0.2) is 14.1 Å². The van der Waals surface area contributed by atoms with Crippen molar-refractivity contribution in [1.82, 2.24) is 9.78 Å². The van der Waals surface area contributed by atoms with E-state index in [0.29, 0.717) is 9.71 Å². The van der Waals surface area contributed by atoms with Crippen molar-refractivity contribution < 1.29 is 4.79 Å². The Bertz CT molecular complexity index is 976. The van der Waals surface area contributed by atoms with Gasteiger partial charge in [-0.15, -0.1) is 5.10 Å². The second-order valence-corrected chi connectivity index (χ2v) is 8.78. The highest BCUT2D eigenvalue weighted by Gasteiger charge is 2.15. The zero-order valence-corrected chi connectivity index (χ0v) is 15.9. The SMILES string of the molecule is O=C(CSc1nn(-c2ccccc2)c(=S)s1)c1ccc2c(c1)CCC2. The van der Waals surface area contributed by atoms with Gasteiger partial charge in [0.05, 0.1) is 11.4 Å². The maximum atomic E-state index is 12.5. The molecule has 3 nitrogen and oxygen atoms in total. The molecule has 0 N–H and O–H groups in total. The van der Waals surface area contributed by atoms with Gasteiger partial charge in [0.2, 0.25) is 0 Å². The van der Waals surface area contributed by atoms with Gasteiger partial charge >= 0.3 is 0 Å². The van der Waals surface area contributed by atoms with E-state index in [1.54, 1.807) is 4.68 Å². The summed E-state index contributed by atoms with van der Waals surface area (Å²) >= 11 is 8.30. The molecule has 0 atom stereocenters. The molecule has 0 bridgehead atoms. The van der Waals surface area contributed by atoms with E-state index in [4.69, 9.17) is 12.2 Å². The maximum absolute atomic E-state index is 12.5. The van der Waals surface area contributed by atoms with Crippen LogP contribution in [-0.4, -0.2) is 21.3 Å². The van der Waals surface area contributed by atoms with E-state index < -0.39 is 0 Å². The summed E-state index contributed by atoms with van der Waals surface area (Å²) in [5.74, 6) is 0.530. The number of fused-ring (bicyclic) bond motifs is 1. The van der Waals surface area contributed by atoms with Crippen LogP contribution in [0.2, 0.25) is 0 Å². The maximum Gasteiger partial charge on any atom is 0.184 e. The third kappa shape index (κ3) is 3.61. The molecule has 0 saturated heterocycles. The Morgan fingerprint density at radius 1 is 1.16 bits per heavy atom. The molecule has 1 aliphatic carbocycles. The lowest BCUT2D eigenvalue weighted by molar-refractivity contribution is 0.102. The van der Waals surface area contributed by atoms with Crippen LogP contribution in [-0.2, 0) is 12.8 Å². The highest BCUT2D eigenvalue weighted by atomic mass is 32.2. The van der Waals surface area contributed by atoms with Crippen LogP contribution in [0.25, 0.3) is 5.69 Å². The highest BCUT2D eigenvalue weighted by Crippen LogP contribution is 2.26. The zero-order valence-electron chi connectivity index (χ0n) is 13.5. The van der Waals surface area contributed by atoms with Crippen molar-refractivity contribution in [2.75, 3.05) is 5.75 Å². The number of Topliss-reactive ketones (excluding diaryl/α,β-unsaturated/α-hetero) is 1. The number of benzene rings is 2. The molecule has 0 aliphatic heterocycles. The second kappa shape index (κ2) is 7.23. The molecule has 126 valence electrons. The lowest BCUT2D eigenvalue weighted by Gasteiger charge is -2.03. The average molecular weight is 385 g/mol. The van der Waals surface area contributed by atoms with Gasteiger partial charge in [0, 0.05) is 5.56 Å². The predicted octanol–water partition coefficient (Wildman–Crippen LogP) is 5.13. The number of thioether (sulfide) groups is 1. The number of ketones is 1. The van der Waals surface area contributed by atoms with Crippen molar-refractivity contribution in [3.63, 3.8) is 0 Å². The van der Waals surface area contributed by atoms with Crippen molar-refractivity contribution in [3.05, 3.63) is 69.2 Å². The molecule has 0 unspecified atom stereocenters. The molecular weight excluding hydrogens is 368 g/mol. The minimum absolute atomic E-state index is 0.145. The summed E-state index contributed by atoms with van der Waals surface area (Å²) in [6.45, 7) is 0. The number of nitrogens with zero attached hydrogens (tertiary/aromatic N) is 2. The molecular formula is C19H16N2OS3. The van der Waals surface area contributed by atoms with Gasteiger partial charge in [-0.1, -0.05) is 53.4 Å². The second-order valence-electron chi connectivity index (χ2n) is 5.93. The van der Waals surface area contributed by atoms with Crippen LogP contribution in [0.15, 0.2) is 52.9 Å². The monoisotopic (exact) mass is 384 g/mol. The average Bonchev–Trinajstić information content (AvgIpc) is 3.26. The summed E-state index contributed by atoms with van der Waals surface area (Å²) in [6, 6.07) is 16.0. The van der Waals surface area contributed by atoms with E-state index in [1.807, 2.05) is 36.4 Å². The molecule has 0 saturated carbocycles. The standard InChI is InChI=1S/C19H16N2OS3/c22-17(15-10-9-13-5-4-6-14(13)11-15)12-24-18-20-21(19(23)25-18)16-7-2-1-3-8-16/h1-3,7-11H,4-6,12H2. The Balaban J connectivity index is 1.47. The molecule has 0 spiro atoms. The molecule has 0 amide bonds. The molecule has 0 fully saturated rings. The zero-order chi connectivity index (χ0) is 17.2. The fourth-order valence-electron chi connectivity index (χ4n) is 3.01. The van der Waals surface area contributed by atoms with E-state index in [2.05, 4.69) is 17.2 Å². The summed E-state index contributed by atoms with van der Waals surface area (Å²) in [7, 11) is 0. The molecule has 0 radical (unpaired) electrons. The normalized spacial score (nSPS) is 13.0. The van der Waals surface area contributed by atoms with Crippen molar-refractivity contribution in [3.8, 4) is 5.69 Å². The number of rotatable bonds is 5. The highest BCUT2D eigenvalue weighted by molar-refractivity contribution is 8.01. The smallest absolute Gasteiger partial charge is 0.184 e. The first kappa shape index (κ1) is 16.7. The number of carbonyl (C=O) groups excluding carboxylic acids is 1. The lowest BCUT2D eigenvalue weighted by Crippen LogP contribution is -2.03. The van der Waals surface area contributed by atoms with Crippen molar-refractivity contribution in [2.45, 2.75) is 23.6 Å². The molecule has 25 heavy (non-hydrogen) atoms. The Labute approximate surface area is 159 Å². The van der Waals surface area contributed by atoms with Crippen molar-refractivity contribution >= 4 is 41.1 Å². The van der Waals surface area contributed by atoms with Crippen LogP contribution in [0.5, 0.6) is 0 Å². The van der Waals surface area contributed by atoms with Crippen molar-refractivity contribution in [1.29, 1.82) is 0 Å². The summed E-state index contributed by atoms with van der Waals surface area (Å²) in [5, 5.41) is 4.55. The number of para-hydroxylation sites is 1. The molecule has 2 aromatic carbocycles. The van der Waals surface area contributed by atoms with Crippen molar-refractivity contribution in [2.24, 2.45) is 0 Å². The van der Waals surface area contributed by atoms with Gasteiger partial charge in [0.1, 0.15) is 0 Å². The molecule has 3 aromatic rings. The molecule has 1 aromatic heterocycles. The lowest BCUT2D eigenvalue weighted by atomic mass is 10.0. The fraction of sp³-hybridized carbons (Fsp3) is 0.211. The third-order valence-corrected chi connectivity index (χ3v) is 6.64. The predicted molar refractivity (Wildman–Crippen MR) is 106 cm³/mol. The van der Waals surface area contributed by atoms with E-state index in [-0.39, 0.29) is 5.78 Å². The van der Waals surface area contributed by atoms with Crippen LogP contribution >= 0.6 is 35.3 Å². The van der Waals surface area contributed by atoms with Crippen LogP contribution in [0, 0.1) is 3.95 Å². The number of aromatic nitrogens is 2. The number of aryl methyl sites for hydroxylation is 2. The van der Waals surface area contributed by atoms with Crippen LogP contribution < -0.4 is 0 Å². The summed E-state index contributed by atoms with van der Waals surface area (Å²) in [6.07, 6.45) is 3.42. The molecule has 6 heteroatoms. The van der Waals surface area contributed by atoms with Gasteiger partial charge in [-0.2, -0.15) is 0 Å². The first-order valence-corrected chi connectivity index (χ1v) is 10.3. The largest absolute Gasteiger partial charge is 0.293 e. The molecule has 1 aliphatic rings. The van der Waals surface area contributed by atoms with Gasteiger partial charge in [0.25, 0.3) is 0 Å². The van der Waals surface area contributed by atoms with Gasteiger partial charge in [-0.25, -0.2) is 4.68 Å².